The van der Waals surface area contributed by atoms with Crippen LogP contribution in [0.3, 0.4) is 0 Å². The lowest BCUT2D eigenvalue weighted by Crippen LogP contribution is -2.27. The Morgan fingerprint density at radius 1 is 1.58 bits per heavy atom. The molecule has 0 saturated heterocycles. The lowest BCUT2D eigenvalue weighted by Gasteiger charge is -2.18. The van der Waals surface area contributed by atoms with Crippen molar-refractivity contribution in [1.29, 1.82) is 0 Å². The molecule has 1 aromatic heterocycles. The van der Waals surface area contributed by atoms with Crippen molar-refractivity contribution in [2.24, 2.45) is 5.73 Å². The number of nitrogens with zero attached hydrogens (tertiary/aromatic N) is 2. The molecule has 0 radical (unpaired) electrons. The summed E-state index contributed by atoms with van der Waals surface area (Å²) in [7, 11) is 0. The maximum atomic E-state index is 10.9. The van der Waals surface area contributed by atoms with Gasteiger partial charge in [0.25, 0.3) is 0 Å². The Bertz CT molecular complexity index is 295. The molecule has 0 bridgehead atoms. The third kappa shape index (κ3) is 1.47. The van der Waals surface area contributed by atoms with Crippen molar-refractivity contribution in [3.63, 3.8) is 0 Å². The zero-order chi connectivity index (χ0) is 9.35. The van der Waals surface area contributed by atoms with E-state index in [1.165, 1.54) is 4.68 Å². The summed E-state index contributed by atoms with van der Waals surface area (Å²) in [5.41, 5.74) is 5.84. The smallest absolute Gasteiger partial charge is 0.339 e. The molecule has 0 aromatic carbocycles. The van der Waals surface area contributed by atoms with E-state index in [2.05, 4.69) is 5.10 Å². The van der Waals surface area contributed by atoms with Crippen molar-refractivity contribution < 1.29 is 4.79 Å². The second kappa shape index (κ2) is 2.62. The Balaban J connectivity index is 3.17. The van der Waals surface area contributed by atoms with Crippen LogP contribution in [0.25, 0.3) is 0 Å². The normalized spacial score (nSPS) is 11.6. The van der Waals surface area contributed by atoms with Gasteiger partial charge in [0, 0.05) is 11.6 Å². The lowest BCUT2D eigenvalue weighted by molar-refractivity contribution is 0.245. The molecular formula is C8H13N3O. The summed E-state index contributed by atoms with van der Waals surface area (Å²) < 4.78 is 1.22. The van der Waals surface area contributed by atoms with Crippen LogP contribution in [0, 0.1) is 0 Å². The molecule has 0 unspecified atom stereocenters. The topological polar surface area (TPSA) is 60.9 Å². The molecule has 66 valence electrons. The van der Waals surface area contributed by atoms with Crippen LogP contribution >= 0.6 is 0 Å². The molecular weight excluding hydrogens is 154 g/mol. The first-order chi connectivity index (χ1) is 5.43. The van der Waals surface area contributed by atoms with E-state index in [-0.39, 0.29) is 5.41 Å². The average Bonchev–Trinajstić information content (AvgIpc) is 2.30. The molecule has 0 saturated carbocycles. The summed E-state index contributed by atoms with van der Waals surface area (Å²) in [5.74, 6) is 0. The molecule has 0 fully saturated rings. The van der Waals surface area contributed by atoms with Crippen LogP contribution < -0.4 is 5.73 Å². The van der Waals surface area contributed by atoms with Gasteiger partial charge in [0.2, 0.25) is 0 Å². The maximum absolute atomic E-state index is 10.9. The van der Waals surface area contributed by atoms with Crippen LogP contribution in [0.5, 0.6) is 0 Å². The van der Waals surface area contributed by atoms with Gasteiger partial charge in [-0.25, -0.2) is 4.79 Å². The van der Waals surface area contributed by atoms with Crippen LogP contribution in [-0.4, -0.2) is 15.8 Å². The minimum absolute atomic E-state index is 0.106. The molecule has 2 N–H and O–H groups in total. The summed E-state index contributed by atoms with van der Waals surface area (Å²) in [6.45, 7) is 6.01. The van der Waals surface area contributed by atoms with E-state index < -0.39 is 6.03 Å². The zero-order valence-corrected chi connectivity index (χ0v) is 7.53. The van der Waals surface area contributed by atoms with Gasteiger partial charge in [-0.05, 0) is 6.07 Å². The van der Waals surface area contributed by atoms with E-state index in [0.29, 0.717) is 0 Å². The van der Waals surface area contributed by atoms with E-state index in [1.807, 2.05) is 20.8 Å². The summed E-state index contributed by atoms with van der Waals surface area (Å²) >= 11 is 0. The highest BCUT2D eigenvalue weighted by atomic mass is 16.2. The van der Waals surface area contributed by atoms with E-state index in [4.69, 9.17) is 5.73 Å². The number of nitrogens with two attached hydrogens (primary N) is 1. The Morgan fingerprint density at radius 2 is 2.17 bits per heavy atom. The van der Waals surface area contributed by atoms with Crippen molar-refractivity contribution in [2.75, 3.05) is 0 Å². The van der Waals surface area contributed by atoms with E-state index in [1.54, 1.807) is 12.3 Å². The molecule has 1 amide bonds. The molecule has 0 aliphatic rings. The zero-order valence-electron chi connectivity index (χ0n) is 7.53. The molecule has 1 heterocycles. The van der Waals surface area contributed by atoms with Crippen LogP contribution in [0.15, 0.2) is 12.3 Å². The molecule has 0 aliphatic carbocycles. The molecule has 0 atom stereocenters. The first-order valence-electron chi connectivity index (χ1n) is 3.77. The number of amides is 1. The Hall–Kier alpha value is -1.32. The van der Waals surface area contributed by atoms with Crippen LogP contribution in [0.2, 0.25) is 0 Å². The second-order valence-corrected chi connectivity index (χ2v) is 3.72. The van der Waals surface area contributed by atoms with Gasteiger partial charge in [-0.1, -0.05) is 20.8 Å². The standard InChI is InChI=1S/C8H13N3O/c1-8(2,3)6-4-5-10-11(6)7(9)12/h4-5H,1-3H3,(H2,9,12). The van der Waals surface area contributed by atoms with Crippen LogP contribution in [0.1, 0.15) is 26.5 Å². The number of carbonyl (C=O) groups is 1. The monoisotopic (exact) mass is 167 g/mol. The molecule has 12 heavy (non-hydrogen) atoms. The highest BCUT2D eigenvalue weighted by molar-refractivity contribution is 5.74. The Labute approximate surface area is 71.4 Å². The molecule has 0 aliphatic heterocycles. The van der Waals surface area contributed by atoms with Crippen molar-refractivity contribution in [3.8, 4) is 0 Å². The molecule has 1 rings (SSSR count). The minimum Gasteiger partial charge on any atom is -0.350 e. The maximum Gasteiger partial charge on any atom is 0.339 e. The van der Waals surface area contributed by atoms with Gasteiger partial charge in [0.15, 0.2) is 0 Å². The second-order valence-electron chi connectivity index (χ2n) is 3.72. The third-order valence-electron chi connectivity index (χ3n) is 1.62. The highest BCUT2D eigenvalue weighted by Crippen LogP contribution is 2.20. The van der Waals surface area contributed by atoms with E-state index in [9.17, 15) is 4.79 Å². The number of hydrogen-bond acceptors (Lipinski definition) is 2. The molecule has 1 aromatic rings. The minimum atomic E-state index is -0.537. The molecule has 4 heteroatoms. The van der Waals surface area contributed by atoms with Crippen molar-refractivity contribution in [1.82, 2.24) is 9.78 Å². The van der Waals surface area contributed by atoms with E-state index in [0.717, 1.165) is 5.69 Å². The first kappa shape index (κ1) is 8.77. The fraction of sp³-hybridized carbons (Fsp3) is 0.500. The largest absolute Gasteiger partial charge is 0.350 e. The van der Waals surface area contributed by atoms with Crippen molar-refractivity contribution >= 4 is 6.03 Å². The van der Waals surface area contributed by atoms with Gasteiger partial charge in [0.1, 0.15) is 0 Å². The summed E-state index contributed by atoms with van der Waals surface area (Å²) in [4.78, 5) is 10.9. The third-order valence-corrected chi connectivity index (χ3v) is 1.62. The van der Waals surface area contributed by atoms with E-state index >= 15 is 0 Å². The summed E-state index contributed by atoms with van der Waals surface area (Å²) in [6, 6.07) is 1.26. The fourth-order valence-corrected chi connectivity index (χ4v) is 1.05. The number of aromatic nitrogens is 2. The Kier molecular flexibility index (Phi) is 1.92. The number of hydrogen-bond donors (Lipinski definition) is 1. The SMILES string of the molecule is CC(C)(C)c1ccnn1C(N)=O. The lowest BCUT2D eigenvalue weighted by atomic mass is 9.92. The van der Waals surface area contributed by atoms with Crippen LogP contribution in [0.4, 0.5) is 4.79 Å². The van der Waals surface area contributed by atoms with Crippen molar-refractivity contribution in [3.05, 3.63) is 18.0 Å². The Morgan fingerprint density at radius 3 is 2.50 bits per heavy atom. The van der Waals surface area contributed by atoms with Gasteiger partial charge in [0.05, 0.1) is 5.69 Å². The van der Waals surface area contributed by atoms with Gasteiger partial charge in [-0.3, -0.25) is 0 Å². The van der Waals surface area contributed by atoms with Gasteiger partial charge >= 0.3 is 6.03 Å². The first-order valence-corrected chi connectivity index (χ1v) is 3.77. The predicted octanol–water partition coefficient (Wildman–Crippen LogP) is 1.11. The number of rotatable bonds is 0. The van der Waals surface area contributed by atoms with Gasteiger partial charge < -0.3 is 5.73 Å². The summed E-state index contributed by atoms with van der Waals surface area (Å²) in [6.07, 6.45) is 1.57. The van der Waals surface area contributed by atoms with Crippen molar-refractivity contribution in [2.45, 2.75) is 26.2 Å². The average molecular weight is 167 g/mol. The summed E-state index contributed by atoms with van der Waals surface area (Å²) in [5, 5.41) is 3.82. The van der Waals surface area contributed by atoms with Crippen LogP contribution in [-0.2, 0) is 5.41 Å². The fourth-order valence-electron chi connectivity index (χ4n) is 1.05. The molecule has 0 spiro atoms. The number of carbonyl (C=O) groups excluding carboxylic acids is 1. The molecule has 4 nitrogen and oxygen atoms in total. The quantitative estimate of drug-likeness (QED) is 0.629. The predicted molar refractivity (Wildman–Crippen MR) is 45.9 cm³/mol. The van der Waals surface area contributed by atoms with Gasteiger partial charge in [-0.15, -0.1) is 0 Å². The van der Waals surface area contributed by atoms with Gasteiger partial charge in [-0.2, -0.15) is 9.78 Å². The number of primary amides is 1. The highest BCUT2D eigenvalue weighted by Gasteiger charge is 2.20.